The maximum atomic E-state index is 12.5. The van der Waals surface area contributed by atoms with Gasteiger partial charge in [0.05, 0.1) is 0 Å². The fourth-order valence-electron chi connectivity index (χ4n) is 1.85. The third-order valence-corrected chi connectivity index (χ3v) is 2.91. The minimum absolute atomic E-state index is 0.0795. The van der Waals surface area contributed by atoms with Crippen LogP contribution in [0.4, 0.5) is 0 Å². The average molecular weight is 294 g/mol. The van der Waals surface area contributed by atoms with E-state index in [1.54, 1.807) is 35.4 Å². The highest BCUT2D eigenvalue weighted by molar-refractivity contribution is 6.10. The summed E-state index contributed by atoms with van der Waals surface area (Å²) in [7, 11) is 3.67. The van der Waals surface area contributed by atoms with E-state index in [4.69, 9.17) is 5.26 Å². The average Bonchev–Trinajstić information content (AvgIpc) is 2.52. The molecular weight excluding hydrogens is 280 g/mol. The number of nitriles is 1. The van der Waals surface area contributed by atoms with Gasteiger partial charge in [-0.1, -0.05) is 0 Å². The van der Waals surface area contributed by atoms with Crippen LogP contribution in [-0.4, -0.2) is 34.7 Å². The molecule has 0 radical (unpaired) electrons. The number of H-pyrrole nitrogens is 1. The van der Waals surface area contributed by atoms with Gasteiger partial charge >= 0.3 is 0 Å². The van der Waals surface area contributed by atoms with Crippen LogP contribution in [0.25, 0.3) is 6.08 Å². The summed E-state index contributed by atoms with van der Waals surface area (Å²) in [4.78, 5) is 32.7. The maximum Gasteiger partial charge on any atom is 0.267 e. The molecule has 0 aliphatic heterocycles. The van der Waals surface area contributed by atoms with E-state index in [2.05, 4.69) is 9.97 Å². The standard InChI is InChI=1S/C16H14N4O2/c1-20(2)8-5-12-9-13(14(10-17)16(22)19-12)15(21)11-3-6-18-7-4-11/h3-9H,1-2H3,(H,19,22). The molecule has 6 heteroatoms. The molecule has 0 unspecified atom stereocenters. The summed E-state index contributed by atoms with van der Waals surface area (Å²) in [6.07, 6.45) is 6.36. The number of ketones is 1. The Kier molecular flexibility index (Phi) is 4.49. The van der Waals surface area contributed by atoms with Crippen molar-refractivity contribution in [3.8, 4) is 6.07 Å². The Bertz CT molecular complexity index is 814. The predicted molar refractivity (Wildman–Crippen MR) is 82.2 cm³/mol. The number of aromatic amines is 1. The van der Waals surface area contributed by atoms with Crippen molar-refractivity contribution in [3.63, 3.8) is 0 Å². The quantitative estimate of drug-likeness (QED) is 0.861. The molecule has 0 fully saturated rings. The molecule has 110 valence electrons. The summed E-state index contributed by atoms with van der Waals surface area (Å²) in [5.74, 6) is -0.385. The largest absolute Gasteiger partial charge is 0.383 e. The molecule has 2 heterocycles. The zero-order valence-corrected chi connectivity index (χ0v) is 12.2. The molecule has 0 amide bonds. The number of aromatic nitrogens is 2. The van der Waals surface area contributed by atoms with Gasteiger partial charge in [-0.05, 0) is 24.3 Å². The van der Waals surface area contributed by atoms with Crippen LogP contribution in [0.1, 0.15) is 27.2 Å². The van der Waals surface area contributed by atoms with E-state index in [0.717, 1.165) is 0 Å². The fraction of sp³-hybridized carbons (Fsp3) is 0.125. The van der Waals surface area contributed by atoms with Gasteiger partial charge in [0.2, 0.25) is 0 Å². The molecule has 2 rings (SSSR count). The molecule has 6 nitrogen and oxygen atoms in total. The van der Waals surface area contributed by atoms with E-state index in [9.17, 15) is 9.59 Å². The van der Waals surface area contributed by atoms with E-state index in [1.807, 2.05) is 14.1 Å². The first kappa shape index (κ1) is 15.2. The van der Waals surface area contributed by atoms with Crippen molar-refractivity contribution in [2.45, 2.75) is 0 Å². The Balaban J connectivity index is 2.56. The first-order valence-corrected chi connectivity index (χ1v) is 6.49. The predicted octanol–water partition coefficient (Wildman–Crippen LogP) is 1.40. The highest BCUT2D eigenvalue weighted by Crippen LogP contribution is 2.13. The molecular formula is C16H14N4O2. The van der Waals surface area contributed by atoms with Crippen molar-refractivity contribution in [2.24, 2.45) is 0 Å². The van der Waals surface area contributed by atoms with Gasteiger partial charge in [0.15, 0.2) is 5.78 Å². The molecule has 0 saturated heterocycles. The van der Waals surface area contributed by atoms with Gasteiger partial charge in [0.1, 0.15) is 11.6 Å². The van der Waals surface area contributed by atoms with Crippen molar-refractivity contribution in [1.29, 1.82) is 5.26 Å². The molecule has 0 spiro atoms. The summed E-state index contributed by atoms with van der Waals surface area (Å²) in [6.45, 7) is 0. The first-order valence-electron chi connectivity index (χ1n) is 6.49. The smallest absolute Gasteiger partial charge is 0.267 e. The fourth-order valence-corrected chi connectivity index (χ4v) is 1.85. The van der Waals surface area contributed by atoms with Crippen LogP contribution in [0.2, 0.25) is 0 Å². The van der Waals surface area contributed by atoms with Crippen molar-refractivity contribution < 1.29 is 4.79 Å². The lowest BCUT2D eigenvalue weighted by atomic mass is 10.00. The highest BCUT2D eigenvalue weighted by Gasteiger charge is 2.17. The van der Waals surface area contributed by atoms with Gasteiger partial charge in [-0.25, -0.2) is 0 Å². The lowest BCUT2D eigenvalue weighted by molar-refractivity contribution is 0.103. The SMILES string of the molecule is CN(C)C=Cc1cc(C(=O)c2ccncc2)c(C#N)c(=O)[nH]1. The van der Waals surface area contributed by atoms with Crippen LogP contribution >= 0.6 is 0 Å². The zero-order chi connectivity index (χ0) is 16.1. The van der Waals surface area contributed by atoms with Crippen LogP contribution in [0.5, 0.6) is 0 Å². The molecule has 2 aromatic rings. The van der Waals surface area contributed by atoms with Crippen LogP contribution < -0.4 is 5.56 Å². The van der Waals surface area contributed by atoms with Crippen molar-refractivity contribution in [2.75, 3.05) is 14.1 Å². The van der Waals surface area contributed by atoms with E-state index in [-0.39, 0.29) is 16.9 Å². The van der Waals surface area contributed by atoms with Gasteiger partial charge in [-0.3, -0.25) is 14.6 Å². The first-order chi connectivity index (χ1) is 10.5. The Labute approximate surface area is 127 Å². The lowest BCUT2D eigenvalue weighted by Gasteiger charge is -2.06. The summed E-state index contributed by atoms with van der Waals surface area (Å²) in [5.41, 5.74) is 0.134. The molecule has 0 atom stereocenters. The van der Waals surface area contributed by atoms with Crippen LogP contribution in [0.3, 0.4) is 0 Å². The highest BCUT2D eigenvalue weighted by atomic mass is 16.1. The molecule has 1 N–H and O–H groups in total. The molecule has 22 heavy (non-hydrogen) atoms. The number of hydrogen-bond acceptors (Lipinski definition) is 5. The minimum atomic E-state index is -0.583. The monoisotopic (exact) mass is 294 g/mol. The summed E-state index contributed by atoms with van der Waals surface area (Å²) in [5, 5.41) is 9.14. The van der Waals surface area contributed by atoms with E-state index in [1.165, 1.54) is 18.5 Å². The van der Waals surface area contributed by atoms with Gasteiger partial charge < -0.3 is 9.88 Å². The molecule has 0 aliphatic rings. The topological polar surface area (TPSA) is 89.8 Å². The Morgan fingerprint density at radius 1 is 1.36 bits per heavy atom. The van der Waals surface area contributed by atoms with Crippen LogP contribution in [-0.2, 0) is 0 Å². The Morgan fingerprint density at radius 2 is 2.05 bits per heavy atom. The van der Waals surface area contributed by atoms with Crippen molar-refractivity contribution >= 4 is 11.9 Å². The number of nitrogens with zero attached hydrogens (tertiary/aromatic N) is 3. The normalized spacial score (nSPS) is 10.4. The Hall–Kier alpha value is -3.20. The maximum absolute atomic E-state index is 12.5. The third kappa shape index (κ3) is 3.27. The Morgan fingerprint density at radius 3 is 2.64 bits per heavy atom. The summed E-state index contributed by atoms with van der Waals surface area (Å²) >= 11 is 0. The molecule has 2 aromatic heterocycles. The van der Waals surface area contributed by atoms with Gasteiger partial charge in [-0.15, -0.1) is 0 Å². The van der Waals surface area contributed by atoms with Gasteiger partial charge in [0.25, 0.3) is 5.56 Å². The number of hydrogen-bond donors (Lipinski definition) is 1. The van der Waals surface area contributed by atoms with Crippen molar-refractivity contribution in [3.05, 3.63) is 69.5 Å². The zero-order valence-electron chi connectivity index (χ0n) is 12.2. The van der Waals surface area contributed by atoms with Gasteiger partial charge in [0, 0.05) is 49.5 Å². The number of nitrogens with one attached hydrogen (secondary N) is 1. The molecule has 0 bridgehead atoms. The minimum Gasteiger partial charge on any atom is -0.383 e. The van der Waals surface area contributed by atoms with Crippen LogP contribution in [0, 0.1) is 11.3 Å². The second kappa shape index (κ2) is 6.50. The van der Waals surface area contributed by atoms with Gasteiger partial charge in [-0.2, -0.15) is 5.26 Å². The number of carbonyl (C=O) groups excluding carboxylic acids is 1. The summed E-state index contributed by atoms with van der Waals surface area (Å²) < 4.78 is 0. The van der Waals surface area contributed by atoms with E-state index >= 15 is 0 Å². The van der Waals surface area contributed by atoms with E-state index in [0.29, 0.717) is 11.3 Å². The second-order valence-electron chi connectivity index (χ2n) is 4.80. The van der Waals surface area contributed by atoms with E-state index < -0.39 is 5.56 Å². The lowest BCUT2D eigenvalue weighted by Crippen LogP contribution is -2.18. The number of rotatable bonds is 4. The number of pyridine rings is 2. The third-order valence-electron chi connectivity index (χ3n) is 2.91. The van der Waals surface area contributed by atoms with Crippen LogP contribution in [0.15, 0.2) is 41.6 Å². The second-order valence-corrected chi connectivity index (χ2v) is 4.80. The molecule has 0 saturated carbocycles. The molecule has 0 aliphatic carbocycles. The molecule has 0 aromatic carbocycles. The van der Waals surface area contributed by atoms with Crippen molar-refractivity contribution in [1.82, 2.24) is 14.9 Å². The summed E-state index contributed by atoms with van der Waals surface area (Å²) in [6, 6.07) is 6.38. The number of carbonyl (C=O) groups is 1.